The zero-order valence-corrected chi connectivity index (χ0v) is 10.9. The highest BCUT2D eigenvalue weighted by atomic mass is 32.1. The van der Waals surface area contributed by atoms with Gasteiger partial charge in [0, 0.05) is 13.1 Å². The Bertz CT molecular complexity index is 303. The molecule has 2 N–H and O–H groups in total. The van der Waals surface area contributed by atoms with Crippen LogP contribution in [0.5, 0.6) is 0 Å². The van der Waals surface area contributed by atoms with Gasteiger partial charge in [-0.2, -0.15) is 0 Å². The molecule has 0 aliphatic carbocycles. The summed E-state index contributed by atoms with van der Waals surface area (Å²) in [5, 5.41) is 1.94. The maximum absolute atomic E-state index is 5.97. The van der Waals surface area contributed by atoms with Gasteiger partial charge in [-0.3, -0.25) is 0 Å². The van der Waals surface area contributed by atoms with E-state index >= 15 is 0 Å². The molecule has 0 bridgehead atoms. The molecule has 3 nitrogen and oxygen atoms in total. The topological polar surface area (TPSA) is 42.2 Å². The predicted octanol–water partition coefficient (Wildman–Crippen LogP) is 2.77. The third kappa shape index (κ3) is 3.09. The molecule has 0 aliphatic heterocycles. The van der Waals surface area contributed by atoms with Crippen LogP contribution in [-0.2, 0) is 6.42 Å². The lowest BCUT2D eigenvalue weighted by molar-refractivity contribution is 0.638. The number of nitrogens with two attached hydrogens (primary N) is 1. The highest BCUT2D eigenvalue weighted by molar-refractivity contribution is 7.19. The van der Waals surface area contributed by atoms with Crippen LogP contribution in [0.3, 0.4) is 0 Å². The third-order valence-electron chi connectivity index (χ3n) is 2.35. The van der Waals surface area contributed by atoms with Crippen molar-refractivity contribution in [2.75, 3.05) is 23.7 Å². The highest BCUT2D eigenvalue weighted by Gasteiger charge is 2.13. The van der Waals surface area contributed by atoms with Gasteiger partial charge in [-0.25, -0.2) is 4.98 Å². The summed E-state index contributed by atoms with van der Waals surface area (Å²) < 4.78 is 0. The summed E-state index contributed by atoms with van der Waals surface area (Å²) in [5.74, 6) is 0.610. The van der Waals surface area contributed by atoms with Crippen molar-refractivity contribution in [2.45, 2.75) is 34.1 Å². The minimum Gasteiger partial charge on any atom is -0.389 e. The highest BCUT2D eigenvalue weighted by Crippen LogP contribution is 2.29. The second-order valence-electron chi connectivity index (χ2n) is 4.08. The van der Waals surface area contributed by atoms with Crippen molar-refractivity contribution in [3.05, 3.63) is 5.69 Å². The van der Waals surface area contributed by atoms with E-state index in [-0.39, 0.29) is 0 Å². The normalized spacial score (nSPS) is 11.0. The van der Waals surface area contributed by atoms with E-state index < -0.39 is 0 Å². The van der Waals surface area contributed by atoms with E-state index in [0.717, 1.165) is 35.3 Å². The fourth-order valence-electron chi connectivity index (χ4n) is 1.51. The van der Waals surface area contributed by atoms with Crippen molar-refractivity contribution in [1.82, 2.24) is 4.98 Å². The molecule has 0 radical (unpaired) electrons. The van der Waals surface area contributed by atoms with Gasteiger partial charge in [-0.15, -0.1) is 0 Å². The van der Waals surface area contributed by atoms with Crippen molar-refractivity contribution in [3.8, 4) is 0 Å². The third-order valence-corrected chi connectivity index (χ3v) is 3.34. The first-order valence-corrected chi connectivity index (χ1v) is 6.40. The Morgan fingerprint density at radius 2 is 1.93 bits per heavy atom. The molecule has 0 saturated carbocycles. The number of nitrogen functional groups attached to an aromatic ring is 1. The number of hydrogen-bond acceptors (Lipinski definition) is 4. The van der Waals surface area contributed by atoms with Gasteiger partial charge < -0.3 is 10.6 Å². The summed E-state index contributed by atoms with van der Waals surface area (Å²) in [6, 6.07) is 0. The minimum absolute atomic E-state index is 0.610. The quantitative estimate of drug-likeness (QED) is 0.841. The maximum Gasteiger partial charge on any atom is 0.187 e. The van der Waals surface area contributed by atoms with E-state index in [1.807, 2.05) is 0 Å². The lowest BCUT2D eigenvalue weighted by Gasteiger charge is -2.16. The molecule has 0 unspecified atom stereocenters. The zero-order chi connectivity index (χ0) is 11.4. The average molecular weight is 227 g/mol. The number of thiazole rings is 1. The lowest BCUT2D eigenvalue weighted by atomic mass is 10.1. The Kier molecular flexibility index (Phi) is 4.39. The molecule has 1 aromatic heterocycles. The summed E-state index contributed by atoms with van der Waals surface area (Å²) in [7, 11) is 0. The van der Waals surface area contributed by atoms with Crippen LogP contribution in [0, 0.1) is 5.92 Å². The van der Waals surface area contributed by atoms with Gasteiger partial charge in [0.25, 0.3) is 0 Å². The van der Waals surface area contributed by atoms with Gasteiger partial charge in [-0.1, -0.05) is 25.2 Å². The second kappa shape index (κ2) is 5.35. The number of anilines is 2. The van der Waals surface area contributed by atoms with Crippen molar-refractivity contribution >= 4 is 21.5 Å². The largest absolute Gasteiger partial charge is 0.389 e. The van der Waals surface area contributed by atoms with Gasteiger partial charge in [0.05, 0.1) is 5.69 Å². The van der Waals surface area contributed by atoms with E-state index in [2.05, 4.69) is 37.6 Å². The molecule has 0 spiro atoms. The second-order valence-corrected chi connectivity index (χ2v) is 5.09. The molecule has 1 heterocycles. The lowest BCUT2D eigenvalue weighted by Crippen LogP contribution is -2.21. The Morgan fingerprint density at radius 1 is 1.33 bits per heavy atom. The molecular formula is C11H21N3S. The Hall–Kier alpha value is -0.770. The molecule has 0 aliphatic rings. The van der Waals surface area contributed by atoms with Crippen LogP contribution in [0.15, 0.2) is 0 Å². The predicted molar refractivity (Wildman–Crippen MR) is 68.6 cm³/mol. The smallest absolute Gasteiger partial charge is 0.187 e. The van der Waals surface area contributed by atoms with Crippen LogP contribution >= 0.6 is 11.3 Å². The molecule has 15 heavy (non-hydrogen) atoms. The van der Waals surface area contributed by atoms with Gasteiger partial charge in [0.1, 0.15) is 5.00 Å². The van der Waals surface area contributed by atoms with Crippen molar-refractivity contribution in [1.29, 1.82) is 0 Å². The van der Waals surface area contributed by atoms with E-state index in [1.165, 1.54) is 0 Å². The van der Waals surface area contributed by atoms with Crippen LogP contribution in [0.2, 0.25) is 0 Å². The Morgan fingerprint density at radius 3 is 2.40 bits per heavy atom. The molecule has 1 rings (SSSR count). The van der Waals surface area contributed by atoms with E-state index in [4.69, 9.17) is 5.73 Å². The molecule has 0 fully saturated rings. The summed E-state index contributed by atoms with van der Waals surface area (Å²) in [4.78, 5) is 6.85. The van der Waals surface area contributed by atoms with Gasteiger partial charge in [0.2, 0.25) is 0 Å². The van der Waals surface area contributed by atoms with Gasteiger partial charge >= 0.3 is 0 Å². The molecule has 0 aromatic carbocycles. The van der Waals surface area contributed by atoms with Gasteiger partial charge in [-0.05, 0) is 26.2 Å². The summed E-state index contributed by atoms with van der Waals surface area (Å²) in [6.45, 7) is 10.6. The van der Waals surface area contributed by atoms with E-state index in [9.17, 15) is 0 Å². The molecule has 0 saturated heterocycles. The monoisotopic (exact) mass is 227 g/mol. The number of aromatic nitrogens is 1. The van der Waals surface area contributed by atoms with Gasteiger partial charge in [0.15, 0.2) is 5.13 Å². The molecule has 0 atom stereocenters. The standard InChI is InChI=1S/C11H21N3S/c1-5-14(6-2)11-13-9(7-8(3)4)10(12)15-11/h8H,5-7,12H2,1-4H3. The van der Waals surface area contributed by atoms with E-state index in [0.29, 0.717) is 5.92 Å². The average Bonchev–Trinajstić information content (AvgIpc) is 2.49. The molecule has 0 amide bonds. The number of nitrogens with zero attached hydrogens (tertiary/aromatic N) is 2. The summed E-state index contributed by atoms with van der Waals surface area (Å²) in [5.41, 5.74) is 7.03. The fraction of sp³-hybridized carbons (Fsp3) is 0.727. The van der Waals surface area contributed by atoms with E-state index in [1.54, 1.807) is 11.3 Å². The Labute approximate surface area is 96.3 Å². The summed E-state index contributed by atoms with van der Waals surface area (Å²) >= 11 is 1.61. The van der Waals surface area contributed by atoms with Crippen LogP contribution in [0.25, 0.3) is 0 Å². The van der Waals surface area contributed by atoms with Crippen molar-refractivity contribution in [3.63, 3.8) is 0 Å². The molecular weight excluding hydrogens is 206 g/mol. The van der Waals surface area contributed by atoms with Crippen LogP contribution in [-0.4, -0.2) is 18.1 Å². The Balaban J connectivity index is 2.84. The first-order valence-electron chi connectivity index (χ1n) is 5.58. The zero-order valence-electron chi connectivity index (χ0n) is 10.1. The first kappa shape index (κ1) is 12.3. The fourth-order valence-corrected chi connectivity index (χ4v) is 2.50. The molecule has 1 aromatic rings. The number of hydrogen-bond donors (Lipinski definition) is 1. The number of rotatable bonds is 5. The van der Waals surface area contributed by atoms with Crippen LogP contribution in [0.4, 0.5) is 10.1 Å². The van der Waals surface area contributed by atoms with Crippen LogP contribution in [0.1, 0.15) is 33.4 Å². The molecule has 4 heteroatoms. The van der Waals surface area contributed by atoms with Crippen LogP contribution < -0.4 is 10.6 Å². The summed E-state index contributed by atoms with van der Waals surface area (Å²) in [6.07, 6.45) is 0.976. The molecule has 86 valence electrons. The minimum atomic E-state index is 0.610. The maximum atomic E-state index is 5.97. The first-order chi connectivity index (χ1) is 7.08. The SMILES string of the molecule is CCN(CC)c1nc(CC(C)C)c(N)s1. The van der Waals surface area contributed by atoms with Crippen molar-refractivity contribution < 1.29 is 0 Å². The van der Waals surface area contributed by atoms with Crippen molar-refractivity contribution in [2.24, 2.45) is 5.92 Å².